The van der Waals surface area contributed by atoms with Gasteiger partial charge in [-0.25, -0.2) is 0 Å². The van der Waals surface area contributed by atoms with Crippen LogP contribution in [0.5, 0.6) is 0 Å². The van der Waals surface area contributed by atoms with Gasteiger partial charge >= 0.3 is 0 Å². The molecule has 2 aromatic rings. The molecule has 0 radical (unpaired) electrons. The Morgan fingerprint density at radius 2 is 1.29 bits per heavy atom. The quantitative estimate of drug-likeness (QED) is 0.807. The summed E-state index contributed by atoms with van der Waals surface area (Å²) in [6.07, 6.45) is 0. The Labute approximate surface area is 128 Å². The van der Waals surface area contributed by atoms with Gasteiger partial charge in [-0.1, -0.05) is 60.2 Å². The number of quaternary nitrogens is 2. The second kappa shape index (κ2) is 6.88. The van der Waals surface area contributed by atoms with Gasteiger partial charge < -0.3 is 9.80 Å². The molecule has 1 fully saturated rings. The molecule has 0 atom stereocenters. The van der Waals surface area contributed by atoms with Crippen molar-refractivity contribution >= 4 is 0 Å². The van der Waals surface area contributed by atoms with Gasteiger partial charge in [-0.2, -0.15) is 0 Å². The fraction of sp³-hybridized carbons (Fsp3) is 0.368. The molecule has 0 bridgehead atoms. The van der Waals surface area contributed by atoms with Crippen LogP contribution in [0.1, 0.15) is 16.7 Å². The molecule has 0 aliphatic carbocycles. The van der Waals surface area contributed by atoms with E-state index < -0.39 is 0 Å². The molecular weight excluding hydrogens is 256 g/mol. The lowest BCUT2D eigenvalue weighted by Crippen LogP contribution is -3.27. The highest BCUT2D eigenvalue weighted by molar-refractivity contribution is 5.21. The van der Waals surface area contributed by atoms with Crippen molar-refractivity contribution in [3.63, 3.8) is 0 Å². The predicted octanol–water partition coefficient (Wildman–Crippen LogP) is 0.479. The maximum Gasteiger partial charge on any atom is 0.127 e. The molecule has 2 aromatic carbocycles. The van der Waals surface area contributed by atoms with Gasteiger partial charge in [-0.05, 0) is 6.92 Å². The normalized spacial score (nSPS) is 22.1. The highest BCUT2D eigenvalue weighted by Crippen LogP contribution is 2.02. The highest BCUT2D eigenvalue weighted by Gasteiger charge is 2.22. The van der Waals surface area contributed by atoms with Crippen LogP contribution in [-0.4, -0.2) is 26.2 Å². The summed E-state index contributed by atoms with van der Waals surface area (Å²) in [5.74, 6) is 0. The summed E-state index contributed by atoms with van der Waals surface area (Å²) in [4.78, 5) is 3.46. The second-order valence-electron chi connectivity index (χ2n) is 6.33. The lowest BCUT2D eigenvalue weighted by atomic mass is 10.1. The van der Waals surface area contributed by atoms with E-state index in [1.807, 2.05) is 0 Å². The number of hydrogen-bond acceptors (Lipinski definition) is 0. The average molecular weight is 282 g/mol. The van der Waals surface area contributed by atoms with Crippen LogP contribution in [0.3, 0.4) is 0 Å². The van der Waals surface area contributed by atoms with Gasteiger partial charge in [0.25, 0.3) is 0 Å². The summed E-state index contributed by atoms with van der Waals surface area (Å²) in [6.45, 7) is 9.69. The van der Waals surface area contributed by atoms with Crippen molar-refractivity contribution in [2.24, 2.45) is 0 Å². The van der Waals surface area contributed by atoms with Crippen molar-refractivity contribution in [1.29, 1.82) is 0 Å². The monoisotopic (exact) mass is 282 g/mol. The van der Waals surface area contributed by atoms with Crippen molar-refractivity contribution in [2.75, 3.05) is 26.2 Å². The first-order chi connectivity index (χ1) is 10.3. The molecular formula is C19H26N2+2. The fourth-order valence-electron chi connectivity index (χ4n) is 3.31. The Hall–Kier alpha value is -1.64. The largest absolute Gasteiger partial charge is 0.322 e. The lowest BCUT2D eigenvalue weighted by Gasteiger charge is -2.29. The van der Waals surface area contributed by atoms with Gasteiger partial charge in [0.05, 0.1) is 0 Å². The molecule has 1 aliphatic heterocycles. The zero-order chi connectivity index (χ0) is 14.5. The zero-order valence-corrected chi connectivity index (χ0v) is 12.9. The van der Waals surface area contributed by atoms with Gasteiger partial charge in [0, 0.05) is 11.1 Å². The first-order valence-corrected chi connectivity index (χ1v) is 8.06. The average Bonchev–Trinajstić information content (AvgIpc) is 2.50. The number of aryl methyl sites for hydroxylation is 1. The molecule has 110 valence electrons. The summed E-state index contributed by atoms with van der Waals surface area (Å²) < 4.78 is 0. The summed E-state index contributed by atoms with van der Waals surface area (Å²) in [7, 11) is 0. The van der Waals surface area contributed by atoms with Gasteiger partial charge in [-0.3, -0.25) is 0 Å². The van der Waals surface area contributed by atoms with Crippen molar-refractivity contribution in [2.45, 2.75) is 20.0 Å². The standard InChI is InChI=1S/C19H24N2/c1-17-6-5-9-19(14-17)16-21-12-10-20(11-13-21)15-18-7-3-2-4-8-18/h2-9,14H,10-13,15-16H2,1H3/p+2. The van der Waals surface area contributed by atoms with Crippen molar-refractivity contribution in [3.8, 4) is 0 Å². The molecule has 1 saturated heterocycles. The van der Waals surface area contributed by atoms with E-state index in [1.165, 1.54) is 56.0 Å². The highest BCUT2D eigenvalue weighted by atomic mass is 15.3. The predicted molar refractivity (Wildman–Crippen MR) is 86.4 cm³/mol. The number of hydrogen-bond donors (Lipinski definition) is 2. The smallest absolute Gasteiger partial charge is 0.127 e. The van der Waals surface area contributed by atoms with Crippen molar-refractivity contribution in [1.82, 2.24) is 0 Å². The Morgan fingerprint density at radius 3 is 1.90 bits per heavy atom. The van der Waals surface area contributed by atoms with Crippen molar-refractivity contribution < 1.29 is 9.80 Å². The molecule has 21 heavy (non-hydrogen) atoms. The summed E-state index contributed by atoms with van der Waals surface area (Å²) in [6, 6.07) is 19.9. The summed E-state index contributed by atoms with van der Waals surface area (Å²) >= 11 is 0. The van der Waals surface area contributed by atoms with Gasteiger partial charge in [0.15, 0.2) is 0 Å². The third-order valence-electron chi connectivity index (χ3n) is 4.50. The molecule has 2 N–H and O–H groups in total. The maximum absolute atomic E-state index is 2.33. The first kappa shape index (κ1) is 14.3. The number of piperazine rings is 1. The fourth-order valence-corrected chi connectivity index (χ4v) is 3.31. The van der Waals surface area contributed by atoms with Crippen LogP contribution < -0.4 is 9.80 Å². The van der Waals surface area contributed by atoms with E-state index in [2.05, 4.69) is 61.5 Å². The molecule has 0 unspecified atom stereocenters. The minimum absolute atomic E-state index is 1.18. The van der Waals surface area contributed by atoms with Crippen LogP contribution in [0, 0.1) is 6.92 Å². The SMILES string of the molecule is Cc1cccc(C[NH+]2CC[NH+](Cc3ccccc3)CC2)c1. The van der Waals surface area contributed by atoms with Crippen molar-refractivity contribution in [3.05, 3.63) is 71.3 Å². The van der Waals surface area contributed by atoms with E-state index >= 15 is 0 Å². The molecule has 0 amide bonds. The maximum atomic E-state index is 2.33. The zero-order valence-electron chi connectivity index (χ0n) is 12.9. The lowest BCUT2D eigenvalue weighted by molar-refractivity contribution is -1.02. The van der Waals surface area contributed by atoms with Crippen LogP contribution in [0.2, 0.25) is 0 Å². The van der Waals surface area contributed by atoms with E-state index in [1.54, 1.807) is 9.80 Å². The summed E-state index contributed by atoms with van der Waals surface area (Å²) in [5.41, 5.74) is 4.33. The van der Waals surface area contributed by atoms with Crippen LogP contribution in [-0.2, 0) is 13.1 Å². The molecule has 1 heterocycles. The van der Waals surface area contributed by atoms with Crippen LogP contribution in [0.4, 0.5) is 0 Å². The minimum Gasteiger partial charge on any atom is -0.322 e. The number of benzene rings is 2. The Balaban J connectivity index is 1.49. The molecule has 3 rings (SSSR count). The van der Waals surface area contributed by atoms with Gasteiger partial charge in [-0.15, -0.1) is 0 Å². The molecule has 2 heteroatoms. The molecule has 0 spiro atoms. The molecule has 1 aliphatic rings. The van der Waals surface area contributed by atoms with Crippen LogP contribution >= 0.6 is 0 Å². The number of nitrogens with one attached hydrogen (secondary N) is 2. The molecule has 0 aromatic heterocycles. The molecule has 0 saturated carbocycles. The van der Waals surface area contributed by atoms with Crippen LogP contribution in [0.15, 0.2) is 54.6 Å². The van der Waals surface area contributed by atoms with E-state index in [0.29, 0.717) is 0 Å². The van der Waals surface area contributed by atoms with E-state index in [4.69, 9.17) is 0 Å². The first-order valence-electron chi connectivity index (χ1n) is 8.06. The topological polar surface area (TPSA) is 8.88 Å². The van der Waals surface area contributed by atoms with Gasteiger partial charge in [0.2, 0.25) is 0 Å². The van der Waals surface area contributed by atoms with E-state index in [9.17, 15) is 0 Å². The Morgan fingerprint density at radius 1 is 0.714 bits per heavy atom. The van der Waals surface area contributed by atoms with Crippen LogP contribution in [0.25, 0.3) is 0 Å². The van der Waals surface area contributed by atoms with E-state index in [-0.39, 0.29) is 0 Å². The summed E-state index contributed by atoms with van der Waals surface area (Å²) in [5, 5.41) is 0. The Kier molecular flexibility index (Phi) is 4.69. The third-order valence-corrected chi connectivity index (χ3v) is 4.50. The number of rotatable bonds is 4. The van der Waals surface area contributed by atoms with Gasteiger partial charge in [0.1, 0.15) is 39.3 Å². The third kappa shape index (κ3) is 4.16. The second-order valence-corrected chi connectivity index (χ2v) is 6.33. The van der Waals surface area contributed by atoms with E-state index in [0.717, 1.165) is 0 Å². The molecule has 2 nitrogen and oxygen atoms in total. The Bertz CT molecular complexity index is 557. The minimum atomic E-state index is 1.18.